The third-order valence-corrected chi connectivity index (χ3v) is 4.71. The van der Waals surface area contributed by atoms with Crippen LogP contribution in [0.4, 0.5) is 0 Å². The first kappa shape index (κ1) is 16.1. The lowest BCUT2D eigenvalue weighted by Gasteiger charge is -2.06. The van der Waals surface area contributed by atoms with Crippen molar-refractivity contribution in [2.45, 2.75) is 12.8 Å². The molecule has 1 unspecified atom stereocenters. The van der Waals surface area contributed by atoms with E-state index >= 15 is 0 Å². The van der Waals surface area contributed by atoms with E-state index in [4.69, 9.17) is 9.72 Å². The van der Waals surface area contributed by atoms with Crippen LogP contribution in [-0.4, -0.2) is 27.7 Å². The van der Waals surface area contributed by atoms with Crippen LogP contribution < -0.4 is 4.74 Å². The van der Waals surface area contributed by atoms with Crippen LogP contribution in [0.15, 0.2) is 60.8 Å². The van der Waals surface area contributed by atoms with Crippen LogP contribution in [0.1, 0.15) is 18.4 Å². The van der Waals surface area contributed by atoms with Gasteiger partial charge in [-0.25, -0.2) is 4.98 Å². The van der Waals surface area contributed by atoms with E-state index < -0.39 is 11.9 Å². The van der Waals surface area contributed by atoms with E-state index in [1.54, 1.807) is 14.0 Å². The van der Waals surface area contributed by atoms with Crippen LogP contribution in [-0.2, 0) is 4.79 Å². The summed E-state index contributed by atoms with van der Waals surface area (Å²) in [5.41, 5.74) is 2.53. The molecule has 0 amide bonds. The summed E-state index contributed by atoms with van der Waals surface area (Å²) in [6.45, 7) is 1.69. The topological polar surface area (TPSA) is 64.3 Å². The average molecular weight is 346 g/mol. The molecule has 0 aliphatic carbocycles. The molecule has 1 N–H and O–H groups in total. The minimum atomic E-state index is -0.863. The molecule has 130 valence electrons. The summed E-state index contributed by atoms with van der Waals surface area (Å²) >= 11 is 0. The minimum absolute atomic E-state index is 0.633. The lowest BCUT2D eigenvalue weighted by Crippen LogP contribution is -2.06. The molecule has 0 aliphatic heterocycles. The fraction of sp³-hybridized carbons (Fsp3) is 0.143. The van der Waals surface area contributed by atoms with Crippen LogP contribution in [0.5, 0.6) is 5.75 Å². The Kier molecular flexibility index (Phi) is 3.84. The number of pyridine rings is 1. The SMILES string of the molecule is COc1ccc2c(c1)c(C(C)C(=O)O)cn2-c1ccc2ccccc2n1. The van der Waals surface area contributed by atoms with Gasteiger partial charge in [0.1, 0.15) is 11.6 Å². The molecule has 2 heterocycles. The number of methoxy groups -OCH3 is 1. The Morgan fingerprint density at radius 2 is 1.96 bits per heavy atom. The number of fused-ring (bicyclic) bond motifs is 2. The normalized spacial score (nSPS) is 12.4. The number of hydrogen-bond acceptors (Lipinski definition) is 3. The van der Waals surface area contributed by atoms with Gasteiger partial charge in [0.15, 0.2) is 0 Å². The highest BCUT2D eigenvalue weighted by Gasteiger charge is 2.21. The van der Waals surface area contributed by atoms with Gasteiger partial charge in [0.05, 0.1) is 24.1 Å². The van der Waals surface area contributed by atoms with Crippen molar-refractivity contribution < 1.29 is 14.6 Å². The van der Waals surface area contributed by atoms with Gasteiger partial charge in [-0.3, -0.25) is 4.79 Å². The first-order chi connectivity index (χ1) is 12.6. The standard InChI is InChI=1S/C21H18N2O3/c1-13(21(24)25)17-12-23(19-9-8-15(26-2)11-16(17)19)20-10-7-14-5-3-4-6-18(14)22-20/h3-13H,1-2H3,(H,24,25). The Labute approximate surface area is 150 Å². The number of carboxylic acids is 1. The van der Waals surface area contributed by atoms with E-state index in [1.165, 1.54) is 0 Å². The third kappa shape index (κ3) is 2.58. The van der Waals surface area contributed by atoms with Gasteiger partial charge in [0.2, 0.25) is 0 Å². The van der Waals surface area contributed by atoms with Gasteiger partial charge in [0.25, 0.3) is 0 Å². The molecule has 5 nitrogen and oxygen atoms in total. The summed E-state index contributed by atoms with van der Waals surface area (Å²) in [5, 5.41) is 11.4. The Morgan fingerprint density at radius 3 is 2.73 bits per heavy atom. The Morgan fingerprint density at radius 1 is 1.15 bits per heavy atom. The molecule has 4 aromatic rings. The van der Waals surface area contributed by atoms with Crippen LogP contribution in [0, 0.1) is 0 Å². The van der Waals surface area contributed by atoms with E-state index in [0.717, 1.165) is 33.2 Å². The molecular weight excluding hydrogens is 328 g/mol. The molecule has 0 saturated carbocycles. The van der Waals surface area contributed by atoms with Gasteiger partial charge in [-0.15, -0.1) is 0 Å². The monoisotopic (exact) mass is 346 g/mol. The predicted octanol–water partition coefficient (Wildman–Crippen LogP) is 4.38. The predicted molar refractivity (Wildman–Crippen MR) is 101 cm³/mol. The number of nitrogens with zero attached hydrogens (tertiary/aromatic N) is 2. The number of aromatic nitrogens is 2. The molecule has 5 heteroatoms. The van der Waals surface area contributed by atoms with Crippen molar-refractivity contribution in [3.05, 3.63) is 66.4 Å². The highest BCUT2D eigenvalue weighted by atomic mass is 16.5. The summed E-state index contributed by atoms with van der Waals surface area (Å²) < 4.78 is 7.26. The number of para-hydroxylation sites is 1. The van der Waals surface area contributed by atoms with Gasteiger partial charge < -0.3 is 14.4 Å². The molecule has 0 spiro atoms. The quantitative estimate of drug-likeness (QED) is 0.596. The van der Waals surface area contributed by atoms with Crippen molar-refractivity contribution in [3.63, 3.8) is 0 Å². The van der Waals surface area contributed by atoms with E-state index in [9.17, 15) is 9.90 Å². The van der Waals surface area contributed by atoms with Crippen LogP contribution in [0.2, 0.25) is 0 Å². The summed E-state index contributed by atoms with van der Waals surface area (Å²) in [6.07, 6.45) is 1.86. The van der Waals surface area contributed by atoms with Gasteiger partial charge >= 0.3 is 5.97 Å². The Bertz CT molecular complexity index is 1130. The third-order valence-electron chi connectivity index (χ3n) is 4.71. The first-order valence-electron chi connectivity index (χ1n) is 8.36. The Hall–Kier alpha value is -3.34. The molecule has 2 aromatic heterocycles. The van der Waals surface area contributed by atoms with Crippen molar-refractivity contribution in [2.24, 2.45) is 0 Å². The molecule has 0 saturated heterocycles. The molecule has 26 heavy (non-hydrogen) atoms. The van der Waals surface area contributed by atoms with Gasteiger partial charge in [-0.2, -0.15) is 0 Å². The van der Waals surface area contributed by atoms with Crippen molar-refractivity contribution >= 4 is 27.8 Å². The van der Waals surface area contributed by atoms with Gasteiger partial charge in [-0.1, -0.05) is 18.2 Å². The first-order valence-corrected chi connectivity index (χ1v) is 8.36. The highest BCUT2D eigenvalue weighted by Crippen LogP contribution is 2.32. The van der Waals surface area contributed by atoms with E-state index in [-0.39, 0.29) is 0 Å². The number of aliphatic carboxylic acids is 1. The molecule has 0 aliphatic rings. The summed E-state index contributed by atoms with van der Waals surface area (Å²) in [6, 6.07) is 17.6. The van der Waals surface area contributed by atoms with E-state index in [1.807, 2.05) is 65.4 Å². The molecule has 0 bridgehead atoms. The largest absolute Gasteiger partial charge is 0.497 e. The molecule has 1 atom stereocenters. The molecule has 0 radical (unpaired) electrons. The van der Waals surface area contributed by atoms with Crippen molar-refractivity contribution in [2.75, 3.05) is 7.11 Å². The average Bonchev–Trinajstić information content (AvgIpc) is 3.05. The lowest BCUT2D eigenvalue weighted by molar-refractivity contribution is -0.138. The fourth-order valence-corrected chi connectivity index (χ4v) is 3.22. The number of carboxylic acid groups (broad SMARTS) is 1. The number of carbonyl (C=O) groups is 1. The molecule has 4 rings (SSSR count). The van der Waals surface area contributed by atoms with E-state index in [2.05, 4.69) is 0 Å². The van der Waals surface area contributed by atoms with Crippen LogP contribution >= 0.6 is 0 Å². The lowest BCUT2D eigenvalue weighted by atomic mass is 10.0. The maximum atomic E-state index is 11.6. The van der Waals surface area contributed by atoms with Gasteiger partial charge in [0, 0.05) is 17.0 Å². The van der Waals surface area contributed by atoms with Crippen molar-refractivity contribution in [1.29, 1.82) is 0 Å². The second-order valence-electron chi connectivity index (χ2n) is 6.26. The molecule has 0 fully saturated rings. The van der Waals surface area contributed by atoms with E-state index in [0.29, 0.717) is 5.75 Å². The number of ether oxygens (including phenoxy) is 1. The smallest absolute Gasteiger partial charge is 0.310 e. The number of hydrogen-bond donors (Lipinski definition) is 1. The van der Waals surface area contributed by atoms with Gasteiger partial charge in [-0.05, 0) is 48.9 Å². The molecule has 2 aromatic carbocycles. The highest BCUT2D eigenvalue weighted by molar-refractivity contribution is 5.92. The zero-order valence-corrected chi connectivity index (χ0v) is 14.5. The zero-order valence-electron chi connectivity index (χ0n) is 14.5. The molecular formula is C21H18N2O3. The maximum absolute atomic E-state index is 11.6. The number of rotatable bonds is 4. The fourth-order valence-electron chi connectivity index (χ4n) is 3.22. The Balaban J connectivity index is 1.97. The van der Waals surface area contributed by atoms with Crippen molar-refractivity contribution in [1.82, 2.24) is 9.55 Å². The summed E-state index contributed by atoms with van der Waals surface area (Å²) in [7, 11) is 1.60. The maximum Gasteiger partial charge on any atom is 0.310 e. The number of benzene rings is 2. The second kappa shape index (κ2) is 6.19. The van der Waals surface area contributed by atoms with Crippen molar-refractivity contribution in [3.8, 4) is 11.6 Å². The second-order valence-corrected chi connectivity index (χ2v) is 6.26. The van der Waals surface area contributed by atoms with Crippen LogP contribution in [0.25, 0.3) is 27.6 Å². The minimum Gasteiger partial charge on any atom is -0.497 e. The van der Waals surface area contributed by atoms with Crippen LogP contribution in [0.3, 0.4) is 0 Å². The summed E-state index contributed by atoms with van der Waals surface area (Å²) in [4.78, 5) is 16.3. The zero-order chi connectivity index (χ0) is 18.3. The summed E-state index contributed by atoms with van der Waals surface area (Å²) in [5.74, 6) is -0.0482.